The van der Waals surface area contributed by atoms with E-state index < -0.39 is 5.97 Å². The highest BCUT2D eigenvalue weighted by Gasteiger charge is 2.12. The molecule has 3 aromatic rings. The zero-order chi connectivity index (χ0) is 14.1. The molecule has 1 N–H and O–H groups in total. The quantitative estimate of drug-likeness (QED) is 0.771. The summed E-state index contributed by atoms with van der Waals surface area (Å²) in [6.45, 7) is 0. The molecule has 1 aromatic heterocycles. The number of nitrogens with zero attached hydrogens (tertiary/aromatic N) is 2. The highest BCUT2D eigenvalue weighted by atomic mass is 16.4. The summed E-state index contributed by atoms with van der Waals surface area (Å²) in [5.41, 5.74) is 2.32. The number of fused-ring (bicyclic) bond motifs is 1. The molecule has 0 aliphatic rings. The fourth-order valence-electron chi connectivity index (χ4n) is 2.34. The first-order chi connectivity index (χ1) is 9.72. The molecule has 4 heteroatoms. The van der Waals surface area contributed by atoms with E-state index in [9.17, 15) is 15.2 Å². The summed E-state index contributed by atoms with van der Waals surface area (Å²) in [7, 11) is 0. The molecule has 0 bridgehead atoms. The molecule has 20 heavy (non-hydrogen) atoms. The molecule has 0 radical (unpaired) electrons. The molecule has 0 unspecified atom stereocenters. The lowest BCUT2D eigenvalue weighted by Crippen LogP contribution is -1.98. The predicted octanol–water partition coefficient (Wildman–Crippen LogP) is 3.20. The molecule has 3 rings (SSSR count). The highest BCUT2D eigenvalue weighted by molar-refractivity contribution is 6.03. The third-order valence-corrected chi connectivity index (χ3v) is 3.25. The Hall–Kier alpha value is -3.06. The second-order valence-corrected chi connectivity index (χ2v) is 4.36. The molecular formula is C16H10N2O2. The number of aromatic nitrogens is 1. The first-order valence-electron chi connectivity index (χ1n) is 6.05. The van der Waals surface area contributed by atoms with E-state index in [0.717, 1.165) is 11.2 Å². The summed E-state index contributed by atoms with van der Waals surface area (Å²) in [6.07, 6.45) is 1.78. The van der Waals surface area contributed by atoms with Crippen LogP contribution in [0, 0.1) is 11.3 Å². The van der Waals surface area contributed by atoms with Crippen LogP contribution in [0.15, 0.2) is 54.7 Å². The summed E-state index contributed by atoms with van der Waals surface area (Å²) in [5, 5.41) is 19.0. The Kier molecular flexibility index (Phi) is 2.73. The number of benzene rings is 2. The number of aromatic carboxylic acids is 1. The summed E-state index contributed by atoms with van der Waals surface area (Å²) in [6, 6.07) is 16.3. The second-order valence-electron chi connectivity index (χ2n) is 4.36. The predicted molar refractivity (Wildman–Crippen MR) is 74.9 cm³/mol. The van der Waals surface area contributed by atoms with Crippen LogP contribution in [0.3, 0.4) is 0 Å². The molecule has 0 spiro atoms. The second kappa shape index (κ2) is 4.56. The first kappa shape index (κ1) is 12.0. The molecule has 2 aromatic carbocycles. The van der Waals surface area contributed by atoms with Gasteiger partial charge in [0.1, 0.15) is 6.07 Å². The van der Waals surface area contributed by atoms with Gasteiger partial charge >= 0.3 is 5.97 Å². The number of carboxylic acid groups (broad SMARTS) is 1. The molecule has 1 heterocycles. The topological polar surface area (TPSA) is 66.0 Å². The minimum atomic E-state index is -0.957. The van der Waals surface area contributed by atoms with Crippen LogP contribution in [0.25, 0.3) is 16.6 Å². The van der Waals surface area contributed by atoms with Crippen LogP contribution in [-0.4, -0.2) is 15.6 Å². The third-order valence-electron chi connectivity index (χ3n) is 3.25. The van der Waals surface area contributed by atoms with Crippen LogP contribution in [0.5, 0.6) is 0 Å². The largest absolute Gasteiger partial charge is 0.478 e. The van der Waals surface area contributed by atoms with Crippen LogP contribution < -0.4 is 0 Å². The van der Waals surface area contributed by atoms with Gasteiger partial charge in [0.25, 0.3) is 0 Å². The van der Waals surface area contributed by atoms with Gasteiger partial charge in [0.05, 0.1) is 22.3 Å². The maximum Gasteiger partial charge on any atom is 0.336 e. The van der Waals surface area contributed by atoms with Crippen molar-refractivity contribution in [3.05, 3.63) is 65.9 Å². The molecule has 0 atom stereocenters. The maximum atomic E-state index is 11.2. The van der Waals surface area contributed by atoms with Crippen molar-refractivity contribution in [1.82, 2.24) is 4.57 Å². The van der Waals surface area contributed by atoms with Gasteiger partial charge in [-0.1, -0.05) is 18.2 Å². The summed E-state index contributed by atoms with van der Waals surface area (Å²) >= 11 is 0. The van der Waals surface area contributed by atoms with Gasteiger partial charge in [-0.15, -0.1) is 0 Å². The van der Waals surface area contributed by atoms with E-state index in [1.807, 2.05) is 22.8 Å². The van der Waals surface area contributed by atoms with Gasteiger partial charge in [-0.3, -0.25) is 0 Å². The van der Waals surface area contributed by atoms with Crippen molar-refractivity contribution in [1.29, 1.82) is 5.26 Å². The van der Waals surface area contributed by atoms with E-state index >= 15 is 0 Å². The Balaban J connectivity index is 2.32. The lowest BCUT2D eigenvalue weighted by Gasteiger charge is -2.07. The molecular weight excluding hydrogens is 252 g/mol. The summed E-state index contributed by atoms with van der Waals surface area (Å²) < 4.78 is 1.83. The zero-order valence-corrected chi connectivity index (χ0v) is 10.4. The van der Waals surface area contributed by atoms with Crippen LogP contribution in [-0.2, 0) is 0 Å². The van der Waals surface area contributed by atoms with Crippen molar-refractivity contribution in [2.24, 2.45) is 0 Å². The van der Waals surface area contributed by atoms with Crippen molar-refractivity contribution < 1.29 is 9.90 Å². The molecule has 4 nitrogen and oxygen atoms in total. The van der Waals surface area contributed by atoms with Gasteiger partial charge in [0.15, 0.2) is 0 Å². The van der Waals surface area contributed by atoms with Crippen LogP contribution in [0.4, 0.5) is 0 Å². The van der Waals surface area contributed by atoms with E-state index in [2.05, 4.69) is 6.07 Å². The normalized spacial score (nSPS) is 10.3. The van der Waals surface area contributed by atoms with Gasteiger partial charge in [-0.05, 0) is 30.3 Å². The minimum Gasteiger partial charge on any atom is -0.478 e. The van der Waals surface area contributed by atoms with E-state index in [1.165, 1.54) is 0 Å². The summed E-state index contributed by atoms with van der Waals surface area (Å²) in [5.74, 6) is -0.957. The van der Waals surface area contributed by atoms with Crippen LogP contribution in [0.2, 0.25) is 0 Å². The van der Waals surface area contributed by atoms with Gasteiger partial charge in [0.2, 0.25) is 0 Å². The fraction of sp³-hybridized carbons (Fsp3) is 0. The monoisotopic (exact) mass is 262 g/mol. The van der Waals surface area contributed by atoms with Crippen molar-refractivity contribution in [3.8, 4) is 11.8 Å². The Labute approximate surface area is 115 Å². The van der Waals surface area contributed by atoms with Gasteiger partial charge < -0.3 is 9.67 Å². The number of hydrogen-bond donors (Lipinski definition) is 1. The molecule has 0 saturated carbocycles. The van der Waals surface area contributed by atoms with Crippen molar-refractivity contribution >= 4 is 16.9 Å². The van der Waals surface area contributed by atoms with Gasteiger partial charge in [0, 0.05) is 11.6 Å². The van der Waals surface area contributed by atoms with Gasteiger partial charge in [-0.2, -0.15) is 5.26 Å². The Morgan fingerprint density at radius 3 is 2.65 bits per heavy atom. The Morgan fingerprint density at radius 1 is 1.10 bits per heavy atom. The van der Waals surface area contributed by atoms with E-state index in [0.29, 0.717) is 10.9 Å². The SMILES string of the molecule is N#Cc1ccccc1-n1ccc2c(C(=O)O)cccc21. The lowest BCUT2D eigenvalue weighted by molar-refractivity contribution is 0.0699. The average Bonchev–Trinajstić information content (AvgIpc) is 2.90. The average molecular weight is 262 g/mol. The number of carbonyl (C=O) groups is 1. The highest BCUT2D eigenvalue weighted by Crippen LogP contribution is 2.25. The first-order valence-corrected chi connectivity index (χ1v) is 6.05. The van der Waals surface area contributed by atoms with Crippen LogP contribution >= 0.6 is 0 Å². The standard InChI is InChI=1S/C16H10N2O2/c17-10-11-4-1-2-6-14(11)18-9-8-12-13(16(19)20)5-3-7-15(12)18/h1-9H,(H,19,20). The van der Waals surface area contributed by atoms with Crippen molar-refractivity contribution in [3.63, 3.8) is 0 Å². The van der Waals surface area contributed by atoms with Crippen LogP contribution in [0.1, 0.15) is 15.9 Å². The van der Waals surface area contributed by atoms with Gasteiger partial charge in [-0.25, -0.2) is 4.79 Å². The Bertz CT molecular complexity index is 856. The lowest BCUT2D eigenvalue weighted by atomic mass is 10.1. The number of rotatable bonds is 2. The smallest absolute Gasteiger partial charge is 0.336 e. The molecule has 0 fully saturated rings. The van der Waals surface area contributed by atoms with E-state index in [1.54, 1.807) is 36.5 Å². The summed E-state index contributed by atoms with van der Waals surface area (Å²) in [4.78, 5) is 11.2. The molecule has 0 aliphatic heterocycles. The van der Waals surface area contributed by atoms with Crippen molar-refractivity contribution in [2.75, 3.05) is 0 Å². The number of carboxylic acids is 1. The minimum absolute atomic E-state index is 0.260. The maximum absolute atomic E-state index is 11.2. The fourth-order valence-corrected chi connectivity index (χ4v) is 2.34. The molecule has 0 aliphatic carbocycles. The number of hydrogen-bond acceptors (Lipinski definition) is 2. The molecule has 0 amide bonds. The number of para-hydroxylation sites is 1. The molecule has 96 valence electrons. The molecule has 0 saturated heterocycles. The number of nitriles is 1. The Morgan fingerprint density at radius 2 is 1.90 bits per heavy atom. The third kappa shape index (κ3) is 1.73. The van der Waals surface area contributed by atoms with Crippen molar-refractivity contribution in [2.45, 2.75) is 0 Å². The zero-order valence-electron chi connectivity index (χ0n) is 10.4. The van der Waals surface area contributed by atoms with E-state index in [-0.39, 0.29) is 5.56 Å². The van der Waals surface area contributed by atoms with E-state index in [4.69, 9.17) is 0 Å².